The van der Waals surface area contributed by atoms with E-state index in [4.69, 9.17) is 9.84 Å². The summed E-state index contributed by atoms with van der Waals surface area (Å²) in [7, 11) is 0. The third-order valence-corrected chi connectivity index (χ3v) is 9.48. The number of rotatable bonds is 19. The minimum Gasteiger partial charge on any atom is -0.462 e. The zero-order chi connectivity index (χ0) is 35.2. The molecule has 0 aromatic heterocycles. The molecule has 1 atom stereocenters. The van der Waals surface area contributed by atoms with Crippen LogP contribution >= 0.6 is 0 Å². The molecule has 4 rings (SSSR count). The first-order valence-electron chi connectivity index (χ1n) is 18.0. The molecule has 0 amide bonds. The molecule has 49 heavy (non-hydrogen) atoms. The topological polar surface area (TPSA) is 66.8 Å². The fourth-order valence-corrected chi connectivity index (χ4v) is 6.42. The molecule has 4 heteroatoms. The molecule has 4 aromatic rings. The molecular weight excluding hydrogens is 604 g/mol. The number of aliphatic hydroxyl groups excluding tert-OH is 2. The van der Waals surface area contributed by atoms with E-state index in [-0.39, 0.29) is 24.7 Å². The fraction of sp³-hybridized carbons (Fsp3) is 0.356. The summed E-state index contributed by atoms with van der Waals surface area (Å²) in [5, 5.41) is 18.6. The van der Waals surface area contributed by atoms with E-state index in [2.05, 4.69) is 119 Å². The van der Waals surface area contributed by atoms with Crippen LogP contribution in [0.4, 0.5) is 0 Å². The van der Waals surface area contributed by atoms with Crippen LogP contribution in [0.1, 0.15) is 75.1 Å². The molecule has 0 saturated heterocycles. The van der Waals surface area contributed by atoms with Gasteiger partial charge < -0.3 is 14.9 Å². The highest BCUT2D eigenvalue weighted by Gasteiger charge is 2.16. The Balaban J connectivity index is 1.46. The summed E-state index contributed by atoms with van der Waals surface area (Å²) in [4.78, 5) is 12.0. The number of aliphatic hydroxyl groups is 2. The molecule has 0 fully saturated rings. The Morgan fingerprint density at radius 3 is 1.82 bits per heavy atom. The Hall–Kier alpha value is -4.25. The number of hydrogen-bond acceptors (Lipinski definition) is 4. The van der Waals surface area contributed by atoms with Crippen molar-refractivity contribution >= 4 is 5.97 Å². The molecule has 0 aliphatic heterocycles. The Morgan fingerprint density at radius 2 is 1.22 bits per heavy atom. The lowest BCUT2D eigenvalue weighted by Gasteiger charge is -2.18. The second-order valence-electron chi connectivity index (χ2n) is 13.2. The van der Waals surface area contributed by atoms with E-state index in [1.54, 1.807) is 0 Å². The van der Waals surface area contributed by atoms with Gasteiger partial charge in [-0.05, 0) is 106 Å². The van der Waals surface area contributed by atoms with Gasteiger partial charge in [0.1, 0.15) is 0 Å². The molecule has 0 radical (unpaired) electrons. The summed E-state index contributed by atoms with van der Waals surface area (Å²) in [6.07, 6.45) is 9.02. The first-order valence-corrected chi connectivity index (χ1v) is 18.0. The van der Waals surface area contributed by atoms with E-state index in [1.165, 1.54) is 74.9 Å². The third kappa shape index (κ3) is 10.6. The van der Waals surface area contributed by atoms with E-state index in [9.17, 15) is 9.90 Å². The quantitative estimate of drug-likeness (QED) is 0.0455. The van der Waals surface area contributed by atoms with Crippen LogP contribution in [0.2, 0.25) is 0 Å². The zero-order valence-electron chi connectivity index (χ0n) is 29.8. The number of carbonyl (C=O) groups is 1. The minimum atomic E-state index is -0.592. The molecule has 0 aliphatic carbocycles. The molecule has 2 N–H and O–H groups in total. The minimum absolute atomic E-state index is 0.0117. The molecule has 0 saturated carbocycles. The van der Waals surface area contributed by atoms with Crippen LogP contribution in [0.5, 0.6) is 0 Å². The van der Waals surface area contributed by atoms with Gasteiger partial charge in [0.2, 0.25) is 0 Å². The van der Waals surface area contributed by atoms with Gasteiger partial charge in [-0.2, -0.15) is 0 Å². The molecule has 4 nitrogen and oxygen atoms in total. The Labute approximate surface area is 294 Å². The van der Waals surface area contributed by atoms with E-state index in [0.29, 0.717) is 12.0 Å². The standard InChI is InChI=1S/C45H54O4/c1-6-9-10-11-34-16-20-40(21-17-34)43-25-23-42(28-38(43)8-3)44-24-22-41(27-37(44)7-2)39-18-14-35(15-19-39)12-13-36(26-32(4)29-46)31-49-45(48)33(5)30-47/h14-25,27-28,36,46-47H,4-13,26,29-31H2,1-3H3. The number of esters is 1. The van der Waals surface area contributed by atoms with Gasteiger partial charge in [0.05, 0.1) is 25.4 Å². The Bertz CT molecular complexity index is 1680. The van der Waals surface area contributed by atoms with Gasteiger partial charge in [-0.15, -0.1) is 0 Å². The Morgan fingerprint density at radius 1 is 0.673 bits per heavy atom. The summed E-state index contributed by atoms with van der Waals surface area (Å²) in [5.74, 6) is -0.581. The highest BCUT2D eigenvalue weighted by atomic mass is 16.5. The predicted octanol–water partition coefficient (Wildman–Crippen LogP) is 10.1. The number of hydrogen-bond donors (Lipinski definition) is 2. The summed E-state index contributed by atoms with van der Waals surface area (Å²) in [5.41, 5.74) is 13.6. The van der Waals surface area contributed by atoms with Crippen molar-refractivity contribution in [1.82, 2.24) is 0 Å². The van der Waals surface area contributed by atoms with Crippen LogP contribution in [0.25, 0.3) is 33.4 Å². The first kappa shape index (κ1) is 37.6. The SMILES string of the molecule is C=C(CO)CC(CCc1ccc(-c2ccc(-c3ccc(-c4ccc(CCCCC)cc4)c(CC)c3)c(CC)c2)cc1)COC(=O)C(=C)CO. The monoisotopic (exact) mass is 658 g/mol. The number of unbranched alkanes of at least 4 members (excludes halogenated alkanes) is 2. The molecule has 1 unspecified atom stereocenters. The van der Waals surface area contributed by atoms with Gasteiger partial charge in [0.15, 0.2) is 0 Å². The average molecular weight is 659 g/mol. The summed E-state index contributed by atoms with van der Waals surface area (Å²) >= 11 is 0. The van der Waals surface area contributed by atoms with E-state index < -0.39 is 12.6 Å². The Kier molecular flexibility index (Phi) is 14.6. The molecule has 0 heterocycles. The molecule has 0 spiro atoms. The molecule has 4 aromatic carbocycles. The van der Waals surface area contributed by atoms with Gasteiger partial charge in [-0.25, -0.2) is 4.79 Å². The van der Waals surface area contributed by atoms with Crippen LogP contribution < -0.4 is 0 Å². The van der Waals surface area contributed by atoms with Gasteiger partial charge in [-0.3, -0.25) is 0 Å². The van der Waals surface area contributed by atoms with Crippen LogP contribution in [0, 0.1) is 5.92 Å². The maximum absolute atomic E-state index is 12.0. The van der Waals surface area contributed by atoms with Crippen molar-refractivity contribution in [3.8, 4) is 33.4 Å². The number of carbonyl (C=O) groups excluding carboxylic acids is 1. The molecule has 0 bridgehead atoms. The lowest BCUT2D eigenvalue weighted by molar-refractivity contribution is -0.140. The van der Waals surface area contributed by atoms with Crippen LogP contribution in [-0.4, -0.2) is 36.0 Å². The van der Waals surface area contributed by atoms with E-state index in [1.807, 2.05) is 0 Å². The van der Waals surface area contributed by atoms with Gasteiger partial charge in [0.25, 0.3) is 0 Å². The van der Waals surface area contributed by atoms with Gasteiger partial charge in [0, 0.05) is 0 Å². The van der Waals surface area contributed by atoms with Gasteiger partial charge >= 0.3 is 5.97 Å². The summed E-state index contributed by atoms with van der Waals surface area (Å²) in [6, 6.07) is 31.6. The maximum atomic E-state index is 12.0. The van der Waals surface area contributed by atoms with E-state index >= 15 is 0 Å². The van der Waals surface area contributed by atoms with Crippen molar-refractivity contribution < 1.29 is 19.7 Å². The van der Waals surface area contributed by atoms with Crippen molar-refractivity contribution in [3.05, 3.63) is 131 Å². The average Bonchev–Trinajstić information content (AvgIpc) is 3.15. The van der Waals surface area contributed by atoms with Crippen molar-refractivity contribution in [1.29, 1.82) is 0 Å². The van der Waals surface area contributed by atoms with E-state index in [0.717, 1.165) is 32.1 Å². The summed E-state index contributed by atoms with van der Waals surface area (Å²) < 4.78 is 5.37. The third-order valence-electron chi connectivity index (χ3n) is 9.48. The first-order chi connectivity index (χ1) is 23.8. The second kappa shape index (κ2) is 19.1. The lowest BCUT2D eigenvalue weighted by Crippen LogP contribution is -2.18. The fourth-order valence-electron chi connectivity index (χ4n) is 6.42. The molecule has 0 aliphatic rings. The highest BCUT2D eigenvalue weighted by Crippen LogP contribution is 2.34. The zero-order valence-corrected chi connectivity index (χ0v) is 29.8. The maximum Gasteiger partial charge on any atom is 0.335 e. The number of ether oxygens (including phenoxy) is 1. The summed E-state index contributed by atoms with van der Waals surface area (Å²) in [6.45, 7) is 13.8. The largest absolute Gasteiger partial charge is 0.462 e. The van der Waals surface area contributed by atoms with Crippen molar-refractivity contribution in [2.75, 3.05) is 19.8 Å². The number of aryl methyl sites for hydroxylation is 4. The van der Waals surface area contributed by atoms with Crippen LogP contribution in [-0.2, 0) is 35.2 Å². The molecule has 258 valence electrons. The van der Waals surface area contributed by atoms with Crippen molar-refractivity contribution in [2.45, 2.75) is 78.6 Å². The lowest BCUT2D eigenvalue weighted by atomic mass is 9.89. The smallest absolute Gasteiger partial charge is 0.335 e. The normalized spacial score (nSPS) is 11.7. The van der Waals surface area contributed by atoms with Gasteiger partial charge in [-0.1, -0.05) is 137 Å². The van der Waals surface area contributed by atoms with Crippen molar-refractivity contribution in [3.63, 3.8) is 0 Å². The second-order valence-corrected chi connectivity index (χ2v) is 13.2. The van der Waals surface area contributed by atoms with Crippen LogP contribution in [0.15, 0.2) is 109 Å². The molecular formula is C45H54O4. The van der Waals surface area contributed by atoms with Crippen molar-refractivity contribution in [2.24, 2.45) is 5.92 Å². The number of benzene rings is 4. The predicted molar refractivity (Wildman–Crippen MR) is 205 cm³/mol. The highest BCUT2D eigenvalue weighted by molar-refractivity contribution is 5.87. The van der Waals surface area contributed by atoms with Crippen LogP contribution in [0.3, 0.4) is 0 Å².